The number of carbonyl (C=O) groups is 1. The summed E-state index contributed by atoms with van der Waals surface area (Å²) in [5, 5.41) is 2.57. The molecule has 3 N–H and O–H groups in total. The number of nitrogens with two attached hydrogens (primary N) is 1. The van der Waals surface area contributed by atoms with Crippen LogP contribution < -0.4 is 15.8 Å². The molecule has 1 aromatic carbocycles. The Morgan fingerprint density at radius 1 is 1.63 bits per heavy atom. The lowest BCUT2D eigenvalue weighted by atomic mass is 10.1. The summed E-state index contributed by atoms with van der Waals surface area (Å²) in [6.07, 6.45) is 5.23. The van der Waals surface area contributed by atoms with Crippen molar-refractivity contribution in [2.45, 2.75) is 19.4 Å². The third-order valence-electron chi connectivity index (χ3n) is 2.48. The van der Waals surface area contributed by atoms with E-state index in [4.69, 9.17) is 16.9 Å². The highest BCUT2D eigenvalue weighted by molar-refractivity contribution is 9.10. The minimum absolute atomic E-state index is 0.200. The lowest BCUT2D eigenvalue weighted by Crippen LogP contribution is -2.36. The van der Waals surface area contributed by atoms with E-state index in [0.717, 1.165) is 16.5 Å². The SMILES string of the molecule is C#CCNC(=O)C(C)Oc1ccc(Br)c(CCN)c1. The van der Waals surface area contributed by atoms with Crippen molar-refractivity contribution >= 4 is 21.8 Å². The molecule has 19 heavy (non-hydrogen) atoms. The van der Waals surface area contributed by atoms with Crippen LogP contribution in [0.4, 0.5) is 0 Å². The summed E-state index contributed by atoms with van der Waals surface area (Å²) in [6.45, 7) is 2.43. The Kier molecular flexibility index (Phi) is 6.40. The number of amides is 1. The molecule has 0 bridgehead atoms. The number of halogens is 1. The van der Waals surface area contributed by atoms with E-state index in [1.165, 1.54) is 0 Å². The Balaban J connectivity index is 2.69. The number of rotatable bonds is 6. The van der Waals surface area contributed by atoms with Crippen molar-refractivity contribution in [3.05, 3.63) is 28.2 Å². The number of benzene rings is 1. The number of hydrogen-bond donors (Lipinski definition) is 2. The van der Waals surface area contributed by atoms with E-state index in [1.54, 1.807) is 13.0 Å². The van der Waals surface area contributed by atoms with E-state index in [2.05, 4.69) is 27.2 Å². The van der Waals surface area contributed by atoms with Gasteiger partial charge >= 0.3 is 0 Å². The molecule has 1 unspecified atom stereocenters. The maximum atomic E-state index is 11.6. The first-order valence-electron chi connectivity index (χ1n) is 5.94. The van der Waals surface area contributed by atoms with Crippen LogP contribution in [-0.4, -0.2) is 25.1 Å². The molecule has 0 saturated heterocycles. The third kappa shape index (κ3) is 4.93. The molecule has 0 radical (unpaired) electrons. The molecule has 1 rings (SSSR count). The van der Waals surface area contributed by atoms with Crippen molar-refractivity contribution in [1.29, 1.82) is 0 Å². The zero-order chi connectivity index (χ0) is 14.3. The van der Waals surface area contributed by atoms with Crippen LogP contribution in [0.3, 0.4) is 0 Å². The van der Waals surface area contributed by atoms with Crippen molar-refractivity contribution < 1.29 is 9.53 Å². The molecule has 0 aromatic heterocycles. The third-order valence-corrected chi connectivity index (χ3v) is 3.25. The molecule has 5 heteroatoms. The summed E-state index contributed by atoms with van der Waals surface area (Å²) >= 11 is 3.45. The van der Waals surface area contributed by atoms with Crippen molar-refractivity contribution in [1.82, 2.24) is 5.32 Å². The minimum atomic E-state index is -0.597. The molecular weight excluding hydrogens is 308 g/mol. The van der Waals surface area contributed by atoms with Gasteiger partial charge in [-0.2, -0.15) is 0 Å². The van der Waals surface area contributed by atoms with Gasteiger partial charge in [0.05, 0.1) is 6.54 Å². The van der Waals surface area contributed by atoms with Gasteiger partial charge in [0.15, 0.2) is 6.10 Å². The predicted octanol–water partition coefficient (Wildman–Crippen LogP) is 1.47. The molecule has 0 aliphatic rings. The van der Waals surface area contributed by atoms with Crippen LogP contribution in [0.2, 0.25) is 0 Å². The van der Waals surface area contributed by atoms with Gasteiger partial charge in [-0.25, -0.2) is 0 Å². The molecule has 0 aliphatic heterocycles. The van der Waals surface area contributed by atoms with Gasteiger partial charge in [0, 0.05) is 4.47 Å². The molecule has 4 nitrogen and oxygen atoms in total. The fourth-order valence-electron chi connectivity index (χ4n) is 1.51. The van der Waals surface area contributed by atoms with Crippen molar-refractivity contribution in [3.8, 4) is 18.1 Å². The zero-order valence-corrected chi connectivity index (χ0v) is 12.4. The van der Waals surface area contributed by atoms with E-state index >= 15 is 0 Å². The Bertz CT molecular complexity index is 483. The normalized spacial score (nSPS) is 11.5. The number of ether oxygens (including phenoxy) is 1. The quantitative estimate of drug-likeness (QED) is 0.779. The molecular formula is C14H17BrN2O2. The second-order valence-electron chi connectivity index (χ2n) is 3.97. The van der Waals surface area contributed by atoms with Crippen LogP contribution in [0.25, 0.3) is 0 Å². The first kappa shape index (κ1) is 15.5. The Hall–Kier alpha value is -1.51. The number of nitrogens with one attached hydrogen (secondary N) is 1. The molecule has 0 fully saturated rings. The lowest BCUT2D eigenvalue weighted by Gasteiger charge is -2.15. The van der Waals surface area contributed by atoms with E-state index in [9.17, 15) is 4.79 Å². The highest BCUT2D eigenvalue weighted by Gasteiger charge is 2.14. The average Bonchev–Trinajstić information content (AvgIpc) is 2.40. The fourth-order valence-corrected chi connectivity index (χ4v) is 1.96. The smallest absolute Gasteiger partial charge is 0.261 e. The Morgan fingerprint density at radius 2 is 2.37 bits per heavy atom. The van der Waals surface area contributed by atoms with E-state index in [-0.39, 0.29) is 12.5 Å². The van der Waals surface area contributed by atoms with Gasteiger partial charge < -0.3 is 15.8 Å². The molecule has 0 spiro atoms. The maximum absolute atomic E-state index is 11.6. The molecule has 1 amide bonds. The fraction of sp³-hybridized carbons (Fsp3) is 0.357. The topological polar surface area (TPSA) is 64.3 Å². The molecule has 0 heterocycles. The van der Waals surface area contributed by atoms with Crippen molar-refractivity contribution in [3.63, 3.8) is 0 Å². The largest absolute Gasteiger partial charge is 0.481 e. The van der Waals surface area contributed by atoms with Crippen molar-refractivity contribution in [2.24, 2.45) is 5.73 Å². The standard InChI is InChI=1S/C14H17BrN2O2/c1-3-8-17-14(18)10(2)19-12-4-5-13(15)11(9-12)6-7-16/h1,4-5,9-10H,6-8,16H2,2H3,(H,17,18). The molecule has 0 aliphatic carbocycles. The zero-order valence-electron chi connectivity index (χ0n) is 10.8. The molecule has 1 aromatic rings. The van der Waals surface area contributed by atoms with Crippen LogP contribution in [0.5, 0.6) is 5.75 Å². The van der Waals surface area contributed by atoms with Gasteiger partial charge in [-0.1, -0.05) is 21.9 Å². The summed E-state index contributed by atoms with van der Waals surface area (Å²) in [7, 11) is 0. The lowest BCUT2D eigenvalue weighted by molar-refractivity contribution is -0.126. The van der Waals surface area contributed by atoms with Gasteiger partial charge in [-0.05, 0) is 43.7 Å². The minimum Gasteiger partial charge on any atom is -0.481 e. The Labute approximate surface area is 121 Å². The number of carbonyl (C=O) groups excluding carboxylic acids is 1. The van der Waals surface area contributed by atoms with Gasteiger partial charge in [0.25, 0.3) is 5.91 Å². The molecule has 0 saturated carbocycles. The maximum Gasteiger partial charge on any atom is 0.261 e. The monoisotopic (exact) mass is 324 g/mol. The predicted molar refractivity (Wildman–Crippen MR) is 78.8 cm³/mol. The summed E-state index contributed by atoms with van der Waals surface area (Å²) in [6, 6.07) is 5.56. The van der Waals surface area contributed by atoms with Gasteiger partial charge in [0.2, 0.25) is 0 Å². The number of terminal acetylenes is 1. The number of hydrogen-bond acceptors (Lipinski definition) is 3. The van der Waals surface area contributed by atoms with Crippen molar-refractivity contribution in [2.75, 3.05) is 13.1 Å². The van der Waals surface area contributed by atoms with Crippen LogP contribution in [0.1, 0.15) is 12.5 Å². The highest BCUT2D eigenvalue weighted by Crippen LogP contribution is 2.23. The first-order chi connectivity index (χ1) is 9.08. The van der Waals surface area contributed by atoms with E-state index in [0.29, 0.717) is 12.3 Å². The summed E-state index contributed by atoms with van der Waals surface area (Å²) in [5.41, 5.74) is 6.59. The van der Waals surface area contributed by atoms with Gasteiger partial charge in [-0.3, -0.25) is 4.79 Å². The van der Waals surface area contributed by atoms with Crippen LogP contribution in [0, 0.1) is 12.3 Å². The van der Waals surface area contributed by atoms with E-state index in [1.807, 2.05) is 12.1 Å². The second-order valence-corrected chi connectivity index (χ2v) is 4.83. The highest BCUT2D eigenvalue weighted by atomic mass is 79.9. The molecule has 102 valence electrons. The summed E-state index contributed by atoms with van der Waals surface area (Å²) in [5.74, 6) is 2.74. The van der Waals surface area contributed by atoms with Gasteiger partial charge in [0.1, 0.15) is 5.75 Å². The van der Waals surface area contributed by atoms with E-state index < -0.39 is 6.10 Å². The first-order valence-corrected chi connectivity index (χ1v) is 6.74. The van der Waals surface area contributed by atoms with Crippen LogP contribution >= 0.6 is 15.9 Å². The van der Waals surface area contributed by atoms with Crippen LogP contribution in [0.15, 0.2) is 22.7 Å². The Morgan fingerprint density at radius 3 is 3.00 bits per heavy atom. The van der Waals surface area contributed by atoms with Crippen LogP contribution in [-0.2, 0) is 11.2 Å². The molecule has 1 atom stereocenters. The average molecular weight is 325 g/mol. The summed E-state index contributed by atoms with van der Waals surface area (Å²) in [4.78, 5) is 11.6. The van der Waals surface area contributed by atoms with Gasteiger partial charge in [-0.15, -0.1) is 6.42 Å². The second kappa shape index (κ2) is 7.82. The summed E-state index contributed by atoms with van der Waals surface area (Å²) < 4.78 is 6.55.